The van der Waals surface area contributed by atoms with Gasteiger partial charge in [0.1, 0.15) is 12.0 Å². The molecule has 0 aliphatic carbocycles. The van der Waals surface area contributed by atoms with E-state index in [1.54, 1.807) is 36.3 Å². The summed E-state index contributed by atoms with van der Waals surface area (Å²) in [5.74, 6) is 0.179. The Morgan fingerprint density at radius 2 is 2.10 bits per heavy atom. The Labute approximate surface area is 120 Å². The Kier molecular flexibility index (Phi) is 4.88. The molecular weight excluding hydrogens is 279 g/mol. The molecule has 3 atom stereocenters. The SMILES string of the molecule is CC1NC(c2ccccc2F)N(CCCS(C)=O)C1=O. The van der Waals surface area contributed by atoms with Gasteiger partial charge in [0, 0.05) is 34.9 Å². The molecule has 1 aliphatic heterocycles. The molecule has 1 saturated heterocycles. The van der Waals surface area contributed by atoms with Crippen LogP contribution in [0.25, 0.3) is 0 Å². The fraction of sp³-hybridized carbons (Fsp3) is 0.500. The number of nitrogens with one attached hydrogen (secondary N) is 1. The number of rotatable bonds is 5. The smallest absolute Gasteiger partial charge is 0.241 e. The molecule has 1 aromatic carbocycles. The minimum Gasteiger partial charge on any atom is -0.321 e. The number of hydrogen-bond donors (Lipinski definition) is 1. The van der Waals surface area contributed by atoms with Crippen molar-refractivity contribution in [2.24, 2.45) is 0 Å². The number of carbonyl (C=O) groups excluding carboxylic acids is 1. The van der Waals surface area contributed by atoms with Crippen LogP contribution in [0.2, 0.25) is 0 Å². The van der Waals surface area contributed by atoms with Gasteiger partial charge in [0.05, 0.1) is 6.04 Å². The summed E-state index contributed by atoms with van der Waals surface area (Å²) in [6.07, 6.45) is 1.85. The molecule has 1 fully saturated rings. The van der Waals surface area contributed by atoms with E-state index in [2.05, 4.69) is 5.32 Å². The Morgan fingerprint density at radius 3 is 2.75 bits per heavy atom. The highest BCUT2D eigenvalue weighted by Gasteiger charge is 2.37. The lowest BCUT2D eigenvalue weighted by Crippen LogP contribution is -2.32. The fourth-order valence-corrected chi connectivity index (χ4v) is 2.94. The quantitative estimate of drug-likeness (QED) is 0.894. The lowest BCUT2D eigenvalue weighted by Gasteiger charge is -2.24. The number of benzene rings is 1. The second kappa shape index (κ2) is 6.45. The van der Waals surface area contributed by atoms with E-state index >= 15 is 0 Å². The third kappa shape index (κ3) is 3.24. The van der Waals surface area contributed by atoms with Crippen LogP contribution in [0, 0.1) is 5.82 Å². The van der Waals surface area contributed by atoms with Gasteiger partial charge in [0.2, 0.25) is 5.91 Å². The molecule has 1 aromatic rings. The van der Waals surface area contributed by atoms with Crippen molar-refractivity contribution >= 4 is 16.7 Å². The summed E-state index contributed by atoms with van der Waals surface area (Å²) in [5.41, 5.74) is 0.475. The predicted octanol–water partition coefficient (Wildman–Crippen LogP) is 1.41. The molecule has 1 heterocycles. The van der Waals surface area contributed by atoms with Crippen LogP contribution >= 0.6 is 0 Å². The zero-order valence-electron chi connectivity index (χ0n) is 11.6. The number of carbonyl (C=O) groups is 1. The van der Waals surface area contributed by atoms with Crippen molar-refractivity contribution in [3.63, 3.8) is 0 Å². The molecule has 0 radical (unpaired) electrons. The predicted molar refractivity (Wildman–Crippen MR) is 77.0 cm³/mol. The first-order valence-electron chi connectivity index (χ1n) is 6.61. The molecule has 110 valence electrons. The largest absolute Gasteiger partial charge is 0.321 e. The number of amides is 1. The first-order valence-corrected chi connectivity index (χ1v) is 8.34. The van der Waals surface area contributed by atoms with Crippen molar-refractivity contribution in [1.82, 2.24) is 10.2 Å². The highest BCUT2D eigenvalue weighted by Crippen LogP contribution is 2.27. The van der Waals surface area contributed by atoms with E-state index in [0.717, 1.165) is 0 Å². The van der Waals surface area contributed by atoms with Crippen molar-refractivity contribution in [3.8, 4) is 0 Å². The van der Waals surface area contributed by atoms with Crippen LogP contribution in [0.3, 0.4) is 0 Å². The standard InChI is InChI=1S/C14H19FN2O2S/c1-10-14(18)17(8-5-9-20(2)19)13(16-10)11-6-3-4-7-12(11)15/h3-4,6-7,10,13,16H,5,8-9H2,1-2H3. The molecule has 6 heteroatoms. The van der Waals surface area contributed by atoms with Crippen LogP contribution in [-0.2, 0) is 15.6 Å². The van der Waals surface area contributed by atoms with Crippen LogP contribution in [0.4, 0.5) is 4.39 Å². The number of nitrogens with zero attached hydrogens (tertiary/aromatic N) is 1. The molecular formula is C14H19FN2O2S. The van der Waals surface area contributed by atoms with Crippen LogP contribution < -0.4 is 5.32 Å². The maximum Gasteiger partial charge on any atom is 0.241 e. The van der Waals surface area contributed by atoms with E-state index in [1.165, 1.54) is 6.07 Å². The minimum absolute atomic E-state index is 0.0415. The average molecular weight is 298 g/mol. The fourth-order valence-electron chi connectivity index (χ4n) is 2.41. The molecule has 20 heavy (non-hydrogen) atoms. The second-order valence-electron chi connectivity index (χ2n) is 4.97. The van der Waals surface area contributed by atoms with E-state index in [1.807, 2.05) is 0 Å². The molecule has 2 rings (SSSR count). The molecule has 0 bridgehead atoms. The first kappa shape index (κ1) is 15.1. The Hall–Kier alpha value is -1.27. The number of halogens is 1. The first-order chi connectivity index (χ1) is 9.50. The Morgan fingerprint density at radius 1 is 1.40 bits per heavy atom. The summed E-state index contributed by atoms with van der Waals surface area (Å²) in [7, 11) is -0.878. The summed E-state index contributed by atoms with van der Waals surface area (Å²) in [6.45, 7) is 2.25. The summed E-state index contributed by atoms with van der Waals surface area (Å²) >= 11 is 0. The van der Waals surface area contributed by atoms with Gasteiger partial charge >= 0.3 is 0 Å². The topological polar surface area (TPSA) is 49.4 Å². The maximum atomic E-state index is 13.9. The van der Waals surface area contributed by atoms with E-state index in [0.29, 0.717) is 24.3 Å². The van der Waals surface area contributed by atoms with Crippen LogP contribution in [0.5, 0.6) is 0 Å². The Balaban J connectivity index is 2.15. The van der Waals surface area contributed by atoms with Gasteiger partial charge < -0.3 is 4.90 Å². The van der Waals surface area contributed by atoms with Crippen molar-refractivity contribution < 1.29 is 13.4 Å². The second-order valence-corrected chi connectivity index (χ2v) is 6.53. The van der Waals surface area contributed by atoms with Gasteiger partial charge in [-0.3, -0.25) is 14.3 Å². The third-order valence-electron chi connectivity index (χ3n) is 3.40. The maximum absolute atomic E-state index is 13.9. The molecule has 1 N–H and O–H groups in total. The molecule has 0 spiro atoms. The minimum atomic E-state index is -0.878. The van der Waals surface area contributed by atoms with E-state index in [-0.39, 0.29) is 17.8 Å². The van der Waals surface area contributed by atoms with E-state index < -0.39 is 17.0 Å². The van der Waals surface area contributed by atoms with Gasteiger partial charge in [-0.25, -0.2) is 4.39 Å². The van der Waals surface area contributed by atoms with E-state index in [4.69, 9.17) is 0 Å². The van der Waals surface area contributed by atoms with Crippen LogP contribution in [-0.4, -0.2) is 39.6 Å². The summed E-state index contributed by atoms with van der Waals surface area (Å²) in [5, 5.41) is 3.11. The Bertz CT molecular complexity index is 524. The molecule has 1 aliphatic rings. The van der Waals surface area contributed by atoms with Crippen LogP contribution in [0.1, 0.15) is 25.1 Å². The molecule has 0 aromatic heterocycles. The van der Waals surface area contributed by atoms with Crippen molar-refractivity contribution in [3.05, 3.63) is 35.6 Å². The zero-order chi connectivity index (χ0) is 14.7. The van der Waals surface area contributed by atoms with Crippen LogP contribution in [0.15, 0.2) is 24.3 Å². The normalized spacial score (nSPS) is 24.1. The lowest BCUT2D eigenvalue weighted by molar-refractivity contribution is -0.129. The molecule has 1 amide bonds. The van der Waals surface area contributed by atoms with Crippen molar-refractivity contribution in [2.75, 3.05) is 18.6 Å². The average Bonchev–Trinajstić information content (AvgIpc) is 2.67. The lowest BCUT2D eigenvalue weighted by atomic mass is 10.1. The molecule has 0 saturated carbocycles. The van der Waals surface area contributed by atoms with Crippen molar-refractivity contribution in [2.45, 2.75) is 25.6 Å². The van der Waals surface area contributed by atoms with Gasteiger partial charge in [-0.15, -0.1) is 0 Å². The summed E-state index contributed by atoms with van der Waals surface area (Å²) < 4.78 is 25.0. The van der Waals surface area contributed by atoms with Gasteiger partial charge in [-0.2, -0.15) is 0 Å². The van der Waals surface area contributed by atoms with Gasteiger partial charge in [-0.05, 0) is 19.4 Å². The highest BCUT2D eigenvalue weighted by atomic mass is 32.2. The zero-order valence-corrected chi connectivity index (χ0v) is 12.5. The van der Waals surface area contributed by atoms with Gasteiger partial charge in [-0.1, -0.05) is 18.2 Å². The summed E-state index contributed by atoms with van der Waals surface area (Å²) in [6, 6.07) is 6.13. The highest BCUT2D eigenvalue weighted by molar-refractivity contribution is 7.84. The van der Waals surface area contributed by atoms with Crippen molar-refractivity contribution in [1.29, 1.82) is 0 Å². The van der Waals surface area contributed by atoms with E-state index in [9.17, 15) is 13.4 Å². The third-order valence-corrected chi connectivity index (χ3v) is 4.27. The van der Waals surface area contributed by atoms with Gasteiger partial charge in [0.25, 0.3) is 0 Å². The molecule has 3 unspecified atom stereocenters. The summed E-state index contributed by atoms with van der Waals surface area (Å²) in [4.78, 5) is 13.8. The molecule has 4 nitrogen and oxygen atoms in total. The number of hydrogen-bond acceptors (Lipinski definition) is 3. The monoisotopic (exact) mass is 298 g/mol. The van der Waals surface area contributed by atoms with Gasteiger partial charge in [0.15, 0.2) is 0 Å².